The lowest BCUT2D eigenvalue weighted by Gasteiger charge is -2.19. The van der Waals surface area contributed by atoms with E-state index in [-0.39, 0.29) is 12.1 Å². The Balaban J connectivity index is 1.72. The van der Waals surface area contributed by atoms with Crippen molar-refractivity contribution < 1.29 is 4.74 Å². The van der Waals surface area contributed by atoms with E-state index in [0.717, 1.165) is 25.9 Å². The zero-order chi connectivity index (χ0) is 13.5. The third-order valence-corrected chi connectivity index (χ3v) is 4.57. The molecule has 0 saturated carbocycles. The van der Waals surface area contributed by atoms with Crippen molar-refractivity contribution in [3.63, 3.8) is 0 Å². The van der Waals surface area contributed by atoms with Gasteiger partial charge in [-0.05, 0) is 53.1 Å². The lowest BCUT2D eigenvalue weighted by molar-refractivity contribution is 0.0900. The summed E-state index contributed by atoms with van der Waals surface area (Å²) in [4.78, 5) is 0. The lowest BCUT2D eigenvalue weighted by atomic mass is 9.95. The Hall–Kier alpha value is -1.64. The number of nitrogens with two attached hydrogens (primary N) is 1. The molecule has 2 aliphatic rings. The molecular weight excluding hydrogens is 246 g/mol. The first-order valence-corrected chi connectivity index (χ1v) is 7.41. The molecule has 0 aromatic heterocycles. The second-order valence-corrected chi connectivity index (χ2v) is 5.83. The molecule has 0 spiro atoms. The maximum absolute atomic E-state index is 6.39. The molecule has 1 aliphatic heterocycles. The number of fused-ring (bicyclic) bond motifs is 3. The van der Waals surface area contributed by atoms with Crippen LogP contribution in [0.15, 0.2) is 42.5 Å². The fraction of sp³-hybridized carbons (Fsp3) is 0.333. The van der Waals surface area contributed by atoms with Crippen molar-refractivity contribution in [2.45, 2.75) is 31.4 Å². The second kappa shape index (κ2) is 4.72. The van der Waals surface area contributed by atoms with Crippen molar-refractivity contribution in [2.75, 3.05) is 6.61 Å². The molecule has 1 saturated heterocycles. The van der Waals surface area contributed by atoms with Crippen molar-refractivity contribution in [3.05, 3.63) is 59.2 Å². The summed E-state index contributed by atoms with van der Waals surface area (Å²) >= 11 is 0. The normalized spacial score (nSPS) is 21.6. The smallest absolute Gasteiger partial charge is 0.0768 e. The Morgan fingerprint density at radius 3 is 2.75 bits per heavy atom. The molecule has 0 radical (unpaired) electrons. The summed E-state index contributed by atoms with van der Waals surface area (Å²) in [5, 5.41) is 0. The topological polar surface area (TPSA) is 35.2 Å². The molecular formula is C18H19NO. The van der Waals surface area contributed by atoms with Crippen LogP contribution in [0.1, 0.15) is 35.6 Å². The largest absolute Gasteiger partial charge is 0.376 e. The molecule has 2 aromatic carbocycles. The van der Waals surface area contributed by atoms with E-state index in [2.05, 4.69) is 42.5 Å². The molecule has 1 heterocycles. The molecule has 2 heteroatoms. The molecule has 1 fully saturated rings. The van der Waals surface area contributed by atoms with Crippen LogP contribution < -0.4 is 5.73 Å². The average molecular weight is 265 g/mol. The first-order valence-electron chi connectivity index (χ1n) is 7.41. The van der Waals surface area contributed by atoms with Gasteiger partial charge in [0.2, 0.25) is 0 Å². The van der Waals surface area contributed by atoms with Crippen molar-refractivity contribution in [1.82, 2.24) is 0 Å². The molecule has 2 atom stereocenters. The summed E-state index contributed by atoms with van der Waals surface area (Å²) in [5.41, 5.74) is 13.1. The summed E-state index contributed by atoms with van der Waals surface area (Å²) in [6, 6.07) is 15.3. The number of hydrogen-bond acceptors (Lipinski definition) is 2. The van der Waals surface area contributed by atoms with Gasteiger partial charge in [-0.3, -0.25) is 0 Å². The zero-order valence-electron chi connectivity index (χ0n) is 11.5. The van der Waals surface area contributed by atoms with Crippen molar-refractivity contribution in [3.8, 4) is 11.1 Å². The monoisotopic (exact) mass is 265 g/mol. The Morgan fingerprint density at radius 2 is 1.90 bits per heavy atom. The lowest BCUT2D eigenvalue weighted by Crippen LogP contribution is -2.25. The molecule has 2 N–H and O–H groups in total. The van der Waals surface area contributed by atoms with Crippen LogP contribution >= 0.6 is 0 Å². The molecule has 2 aromatic rings. The molecule has 2 nitrogen and oxygen atoms in total. The highest BCUT2D eigenvalue weighted by molar-refractivity contribution is 5.77. The Bertz CT molecular complexity index is 644. The standard InChI is InChI=1S/C18H19NO/c19-18(17-6-3-9-20-17)14-8-7-13-10-12-4-1-2-5-15(12)16(13)11-14/h1-2,4-5,7-8,11,17-18H,3,6,9-10,19H2. The minimum Gasteiger partial charge on any atom is -0.376 e. The zero-order valence-corrected chi connectivity index (χ0v) is 11.5. The third kappa shape index (κ3) is 1.88. The number of ether oxygens (including phenoxy) is 1. The van der Waals surface area contributed by atoms with Gasteiger partial charge in [0.25, 0.3) is 0 Å². The quantitative estimate of drug-likeness (QED) is 0.770. The van der Waals surface area contributed by atoms with Crippen molar-refractivity contribution >= 4 is 0 Å². The molecule has 0 amide bonds. The summed E-state index contributed by atoms with van der Waals surface area (Å²) in [6.45, 7) is 0.853. The van der Waals surface area contributed by atoms with Crippen LogP contribution in [0.2, 0.25) is 0 Å². The van der Waals surface area contributed by atoms with Gasteiger partial charge in [0, 0.05) is 6.61 Å². The van der Waals surface area contributed by atoms with E-state index < -0.39 is 0 Å². The van der Waals surface area contributed by atoms with E-state index in [1.165, 1.54) is 27.8 Å². The van der Waals surface area contributed by atoms with Crippen molar-refractivity contribution in [2.24, 2.45) is 5.73 Å². The number of benzene rings is 2. The maximum Gasteiger partial charge on any atom is 0.0768 e. The van der Waals surface area contributed by atoms with Crippen LogP contribution in [-0.4, -0.2) is 12.7 Å². The fourth-order valence-corrected chi connectivity index (χ4v) is 3.45. The van der Waals surface area contributed by atoms with E-state index >= 15 is 0 Å². The van der Waals surface area contributed by atoms with Gasteiger partial charge in [0.05, 0.1) is 12.1 Å². The Kier molecular flexibility index (Phi) is 2.86. The van der Waals surface area contributed by atoms with Crippen LogP contribution in [0.4, 0.5) is 0 Å². The van der Waals surface area contributed by atoms with Crippen molar-refractivity contribution in [1.29, 1.82) is 0 Å². The molecule has 20 heavy (non-hydrogen) atoms. The first-order chi connectivity index (χ1) is 9.83. The van der Waals surface area contributed by atoms with Gasteiger partial charge >= 0.3 is 0 Å². The summed E-state index contributed by atoms with van der Waals surface area (Å²) in [6.07, 6.45) is 3.44. The molecule has 2 unspecified atom stereocenters. The Labute approximate surface area is 119 Å². The van der Waals surface area contributed by atoms with E-state index in [0.29, 0.717) is 0 Å². The Morgan fingerprint density at radius 1 is 1.05 bits per heavy atom. The van der Waals surface area contributed by atoms with E-state index in [1.54, 1.807) is 0 Å². The molecule has 0 bridgehead atoms. The maximum atomic E-state index is 6.39. The SMILES string of the molecule is NC(c1ccc2c(c1)-c1ccccc1C2)C1CCCO1. The summed E-state index contributed by atoms with van der Waals surface area (Å²) < 4.78 is 5.73. The minimum absolute atomic E-state index is 0.00411. The number of hydrogen-bond donors (Lipinski definition) is 1. The van der Waals surface area contributed by atoms with Crippen LogP contribution in [0, 0.1) is 0 Å². The van der Waals surface area contributed by atoms with Gasteiger partial charge in [-0.25, -0.2) is 0 Å². The van der Waals surface area contributed by atoms with Gasteiger partial charge < -0.3 is 10.5 Å². The molecule has 1 aliphatic carbocycles. The van der Waals surface area contributed by atoms with E-state index in [1.807, 2.05) is 0 Å². The van der Waals surface area contributed by atoms with Crippen LogP contribution in [-0.2, 0) is 11.2 Å². The van der Waals surface area contributed by atoms with E-state index in [9.17, 15) is 0 Å². The highest BCUT2D eigenvalue weighted by atomic mass is 16.5. The minimum atomic E-state index is -0.00411. The first kappa shape index (κ1) is 12.1. The van der Waals surface area contributed by atoms with Crippen LogP contribution in [0.5, 0.6) is 0 Å². The molecule has 102 valence electrons. The molecule has 4 rings (SSSR count). The summed E-state index contributed by atoms with van der Waals surface area (Å²) in [5.74, 6) is 0. The van der Waals surface area contributed by atoms with Gasteiger partial charge in [0.15, 0.2) is 0 Å². The van der Waals surface area contributed by atoms with Crippen LogP contribution in [0.3, 0.4) is 0 Å². The van der Waals surface area contributed by atoms with Gasteiger partial charge in [-0.2, -0.15) is 0 Å². The second-order valence-electron chi connectivity index (χ2n) is 5.83. The fourth-order valence-electron chi connectivity index (χ4n) is 3.45. The highest BCUT2D eigenvalue weighted by Crippen LogP contribution is 2.38. The predicted molar refractivity (Wildman–Crippen MR) is 80.6 cm³/mol. The third-order valence-electron chi connectivity index (χ3n) is 4.57. The number of rotatable bonds is 2. The van der Waals surface area contributed by atoms with E-state index in [4.69, 9.17) is 10.5 Å². The van der Waals surface area contributed by atoms with Gasteiger partial charge in [0.1, 0.15) is 0 Å². The predicted octanol–water partition coefficient (Wildman–Crippen LogP) is 3.44. The summed E-state index contributed by atoms with van der Waals surface area (Å²) in [7, 11) is 0. The van der Waals surface area contributed by atoms with Gasteiger partial charge in [-0.15, -0.1) is 0 Å². The van der Waals surface area contributed by atoms with Gasteiger partial charge in [-0.1, -0.05) is 36.4 Å². The highest BCUT2D eigenvalue weighted by Gasteiger charge is 2.26. The van der Waals surface area contributed by atoms with Crippen LogP contribution in [0.25, 0.3) is 11.1 Å². The average Bonchev–Trinajstić information content (AvgIpc) is 3.13.